The van der Waals surface area contributed by atoms with E-state index in [2.05, 4.69) is 10.4 Å². The van der Waals surface area contributed by atoms with Gasteiger partial charge < -0.3 is 14.8 Å². The van der Waals surface area contributed by atoms with Crippen LogP contribution >= 0.6 is 0 Å². The number of hydrogen-bond acceptors (Lipinski definition) is 7. The maximum atomic E-state index is 12.9. The van der Waals surface area contributed by atoms with Gasteiger partial charge in [-0.15, -0.1) is 5.10 Å². The third-order valence-corrected chi connectivity index (χ3v) is 5.58. The van der Waals surface area contributed by atoms with E-state index >= 15 is 0 Å². The molecule has 1 aromatic heterocycles. The van der Waals surface area contributed by atoms with E-state index in [0.717, 1.165) is 0 Å². The molecule has 2 aromatic rings. The molecule has 0 spiro atoms. The minimum absolute atomic E-state index is 0.0335. The van der Waals surface area contributed by atoms with Crippen LogP contribution in [0.4, 0.5) is 32.2 Å². The van der Waals surface area contributed by atoms with E-state index in [1.165, 1.54) is 13.8 Å². The monoisotopic (exact) mass is 582 g/mol. The SMILES string of the molecule is CCOC(=O)C(C)(C)Oc1ccccc1CCNc1nn(CCCC(F)(F)F)c(=O)n(CCCC(F)(F)F)c1=O. The van der Waals surface area contributed by atoms with Gasteiger partial charge in [0.15, 0.2) is 5.60 Å². The van der Waals surface area contributed by atoms with E-state index in [9.17, 15) is 40.7 Å². The minimum Gasteiger partial charge on any atom is -0.476 e. The summed E-state index contributed by atoms with van der Waals surface area (Å²) in [6.45, 7) is 3.84. The van der Waals surface area contributed by atoms with Crippen molar-refractivity contribution in [1.29, 1.82) is 0 Å². The van der Waals surface area contributed by atoms with Crippen molar-refractivity contribution in [3.63, 3.8) is 0 Å². The Morgan fingerprint density at radius 3 is 2.17 bits per heavy atom. The smallest absolute Gasteiger partial charge is 0.389 e. The number of aromatic nitrogens is 3. The molecule has 0 radical (unpaired) electrons. The molecule has 0 bridgehead atoms. The highest BCUT2D eigenvalue weighted by atomic mass is 19.4. The predicted octanol–water partition coefficient (Wildman–Crippen LogP) is 4.47. The van der Waals surface area contributed by atoms with Gasteiger partial charge in [-0.25, -0.2) is 14.3 Å². The number of halogens is 6. The lowest BCUT2D eigenvalue weighted by atomic mass is 10.1. The molecule has 0 aliphatic rings. The standard InChI is InChI=1S/C25H32F6N4O5/c1-4-39-21(37)23(2,3)40-18-10-6-5-9-17(18)11-14-32-19-20(36)34(15-7-12-24(26,27)28)22(38)35(33-19)16-8-13-25(29,30)31/h5-6,9-10H,4,7-8,11-16H2,1-3H3,(H,32,33). The molecule has 224 valence electrons. The van der Waals surface area contributed by atoms with Gasteiger partial charge in [0.2, 0.25) is 5.82 Å². The molecule has 15 heteroatoms. The number of nitrogens with one attached hydrogen (secondary N) is 1. The second-order valence-electron chi connectivity index (χ2n) is 9.37. The summed E-state index contributed by atoms with van der Waals surface area (Å²) in [6, 6.07) is 6.74. The lowest BCUT2D eigenvalue weighted by Crippen LogP contribution is -2.43. The van der Waals surface area contributed by atoms with E-state index in [-0.39, 0.29) is 19.6 Å². The number of hydrogen-bond donors (Lipinski definition) is 1. The van der Waals surface area contributed by atoms with E-state index in [1.54, 1.807) is 31.2 Å². The van der Waals surface area contributed by atoms with Gasteiger partial charge in [0.25, 0.3) is 5.56 Å². The van der Waals surface area contributed by atoms with Crippen LogP contribution in [-0.4, -0.2) is 51.4 Å². The third-order valence-electron chi connectivity index (χ3n) is 5.58. The molecular formula is C25H32F6N4O5. The Morgan fingerprint density at radius 2 is 1.57 bits per heavy atom. The van der Waals surface area contributed by atoms with Crippen LogP contribution in [0.5, 0.6) is 5.75 Å². The highest BCUT2D eigenvalue weighted by Crippen LogP contribution is 2.25. The molecule has 0 amide bonds. The minimum atomic E-state index is -4.51. The maximum Gasteiger partial charge on any atom is 0.389 e. The summed E-state index contributed by atoms with van der Waals surface area (Å²) in [5.41, 5.74) is -2.78. The topological polar surface area (TPSA) is 104 Å². The zero-order valence-electron chi connectivity index (χ0n) is 22.3. The van der Waals surface area contributed by atoms with Crippen molar-refractivity contribution in [2.24, 2.45) is 0 Å². The zero-order valence-corrected chi connectivity index (χ0v) is 22.3. The van der Waals surface area contributed by atoms with Crippen LogP contribution in [-0.2, 0) is 29.0 Å². The van der Waals surface area contributed by atoms with Crippen molar-refractivity contribution in [3.8, 4) is 5.75 Å². The molecule has 0 aliphatic carbocycles. The third kappa shape index (κ3) is 10.2. The Kier molecular flexibility index (Phi) is 11.2. The Balaban J connectivity index is 2.25. The molecule has 0 unspecified atom stereocenters. The molecule has 9 nitrogen and oxygen atoms in total. The van der Waals surface area contributed by atoms with Crippen molar-refractivity contribution < 1.29 is 40.6 Å². The van der Waals surface area contributed by atoms with Gasteiger partial charge in [-0.1, -0.05) is 18.2 Å². The van der Waals surface area contributed by atoms with Gasteiger partial charge in [0.1, 0.15) is 5.75 Å². The second kappa shape index (κ2) is 13.7. The van der Waals surface area contributed by atoms with Crippen LogP contribution in [0.2, 0.25) is 0 Å². The molecule has 0 atom stereocenters. The van der Waals surface area contributed by atoms with Crippen LogP contribution in [0.3, 0.4) is 0 Å². The van der Waals surface area contributed by atoms with E-state index in [4.69, 9.17) is 9.47 Å². The van der Waals surface area contributed by atoms with Gasteiger partial charge in [-0.2, -0.15) is 26.3 Å². The molecule has 1 heterocycles. The summed E-state index contributed by atoms with van der Waals surface area (Å²) in [6.07, 6.45) is -12.3. The van der Waals surface area contributed by atoms with Crippen LogP contribution in [0.1, 0.15) is 52.0 Å². The summed E-state index contributed by atoms with van der Waals surface area (Å²) >= 11 is 0. The lowest BCUT2D eigenvalue weighted by molar-refractivity contribution is -0.158. The van der Waals surface area contributed by atoms with E-state index in [0.29, 0.717) is 20.6 Å². The van der Waals surface area contributed by atoms with Crippen LogP contribution in [0.15, 0.2) is 33.9 Å². The maximum absolute atomic E-state index is 12.9. The number of carbonyl (C=O) groups excluding carboxylic acids is 1. The first kappa shape index (κ1) is 32.7. The fraction of sp³-hybridized carbons (Fsp3) is 0.600. The van der Waals surface area contributed by atoms with Gasteiger partial charge in [0.05, 0.1) is 6.61 Å². The number of rotatable bonds is 14. The Morgan fingerprint density at radius 1 is 0.975 bits per heavy atom. The van der Waals surface area contributed by atoms with E-state index in [1.807, 2.05) is 0 Å². The van der Waals surface area contributed by atoms with Crippen molar-refractivity contribution in [2.75, 3.05) is 18.5 Å². The van der Waals surface area contributed by atoms with Gasteiger partial charge in [-0.3, -0.25) is 9.36 Å². The molecule has 0 fully saturated rings. The number of ether oxygens (including phenoxy) is 2. The van der Waals surface area contributed by atoms with Crippen molar-refractivity contribution >= 4 is 11.8 Å². The van der Waals surface area contributed by atoms with Gasteiger partial charge >= 0.3 is 24.0 Å². The number of benzene rings is 1. The highest BCUT2D eigenvalue weighted by molar-refractivity contribution is 5.79. The van der Waals surface area contributed by atoms with E-state index < -0.39 is 79.8 Å². The molecule has 2 rings (SSSR count). The average Bonchev–Trinajstić information content (AvgIpc) is 2.83. The number of nitrogens with zero attached hydrogens (tertiary/aromatic N) is 3. The number of para-hydroxylation sites is 1. The van der Waals surface area contributed by atoms with Gasteiger partial charge in [0, 0.05) is 32.5 Å². The number of anilines is 1. The Hall–Kier alpha value is -3.52. The first-order valence-electron chi connectivity index (χ1n) is 12.6. The Bertz CT molecular complexity index is 1250. The summed E-state index contributed by atoms with van der Waals surface area (Å²) in [5.74, 6) is -0.619. The normalized spacial score (nSPS) is 12.3. The van der Waals surface area contributed by atoms with Gasteiger partial charge in [-0.05, 0) is 51.7 Å². The Labute approximate surface area is 226 Å². The number of aryl methyl sites for hydroxylation is 1. The number of carbonyl (C=O) groups is 1. The first-order valence-corrected chi connectivity index (χ1v) is 12.6. The quantitative estimate of drug-likeness (QED) is 0.259. The van der Waals surface area contributed by atoms with Crippen LogP contribution in [0.25, 0.3) is 0 Å². The summed E-state index contributed by atoms with van der Waals surface area (Å²) in [7, 11) is 0. The van der Waals surface area contributed by atoms with Crippen LogP contribution in [0, 0.1) is 0 Å². The molecule has 0 saturated carbocycles. The first-order chi connectivity index (χ1) is 18.5. The molecule has 0 saturated heterocycles. The zero-order chi connectivity index (χ0) is 30.1. The molecule has 0 aliphatic heterocycles. The number of alkyl halides is 6. The average molecular weight is 583 g/mol. The highest BCUT2D eigenvalue weighted by Gasteiger charge is 2.32. The van der Waals surface area contributed by atoms with Crippen molar-refractivity contribution in [1.82, 2.24) is 14.3 Å². The lowest BCUT2D eigenvalue weighted by Gasteiger charge is -2.25. The largest absolute Gasteiger partial charge is 0.476 e. The molecular weight excluding hydrogens is 550 g/mol. The predicted molar refractivity (Wildman–Crippen MR) is 133 cm³/mol. The summed E-state index contributed by atoms with van der Waals surface area (Å²) in [5, 5.41) is 6.56. The molecule has 1 aromatic carbocycles. The summed E-state index contributed by atoms with van der Waals surface area (Å²) < 4.78 is 87.6. The van der Waals surface area contributed by atoms with Crippen molar-refractivity contribution in [3.05, 3.63) is 50.7 Å². The second-order valence-corrected chi connectivity index (χ2v) is 9.37. The molecule has 40 heavy (non-hydrogen) atoms. The molecule has 1 N–H and O–H groups in total. The number of esters is 1. The fourth-order valence-corrected chi connectivity index (χ4v) is 3.63. The summed E-state index contributed by atoms with van der Waals surface area (Å²) in [4.78, 5) is 37.7. The van der Waals surface area contributed by atoms with Crippen molar-refractivity contribution in [2.45, 2.75) is 83.9 Å². The fourth-order valence-electron chi connectivity index (χ4n) is 3.63. The van der Waals surface area contributed by atoms with Crippen LogP contribution < -0.4 is 21.3 Å².